The van der Waals surface area contributed by atoms with E-state index in [1.54, 1.807) is 17.9 Å². The van der Waals surface area contributed by atoms with E-state index >= 15 is 0 Å². The van der Waals surface area contributed by atoms with E-state index in [4.69, 9.17) is 9.15 Å². The van der Waals surface area contributed by atoms with Crippen LogP contribution in [0.25, 0.3) is 5.69 Å². The van der Waals surface area contributed by atoms with Gasteiger partial charge in [-0.1, -0.05) is 6.07 Å². The highest BCUT2D eigenvalue weighted by Gasteiger charge is 2.22. The minimum Gasteiger partial charge on any atom is -0.468 e. The lowest BCUT2D eigenvalue weighted by Crippen LogP contribution is -2.49. The Bertz CT molecular complexity index is 1070. The van der Waals surface area contributed by atoms with Crippen molar-refractivity contribution in [2.75, 3.05) is 38.1 Å². The Kier molecular flexibility index (Phi) is 6.55. The molecule has 4 rings (SSSR count). The van der Waals surface area contributed by atoms with Crippen molar-refractivity contribution in [1.82, 2.24) is 19.6 Å². The van der Waals surface area contributed by atoms with Crippen LogP contribution in [0.4, 0.5) is 10.5 Å². The average Bonchev–Trinajstić information content (AvgIpc) is 3.44. The molecule has 32 heavy (non-hydrogen) atoms. The zero-order valence-corrected chi connectivity index (χ0v) is 18.3. The average molecular weight is 438 g/mol. The number of hydrogen-bond acceptors (Lipinski definition) is 6. The highest BCUT2D eigenvalue weighted by atomic mass is 16.5. The molecule has 3 heterocycles. The Balaban J connectivity index is 1.37. The predicted octanol–water partition coefficient (Wildman–Crippen LogP) is 3.30. The third kappa shape index (κ3) is 4.83. The van der Waals surface area contributed by atoms with Crippen molar-refractivity contribution in [1.29, 1.82) is 0 Å². The number of furan rings is 1. The van der Waals surface area contributed by atoms with E-state index in [2.05, 4.69) is 15.3 Å². The van der Waals surface area contributed by atoms with E-state index in [1.165, 1.54) is 6.20 Å². The molecule has 168 valence electrons. The Labute approximate surface area is 186 Å². The van der Waals surface area contributed by atoms with Gasteiger partial charge in [0.1, 0.15) is 11.3 Å². The van der Waals surface area contributed by atoms with Gasteiger partial charge in [0, 0.05) is 31.9 Å². The molecule has 1 aliphatic heterocycles. The SMILES string of the molecule is CCOC(=O)c1cnn(-c2cccc(NC(=O)N3CCN(Cc4ccco4)CC3)c2)c1C. The van der Waals surface area contributed by atoms with Gasteiger partial charge in [0.05, 0.1) is 37.0 Å². The topological polar surface area (TPSA) is 92.8 Å². The quantitative estimate of drug-likeness (QED) is 0.595. The maximum atomic E-state index is 12.8. The van der Waals surface area contributed by atoms with E-state index < -0.39 is 5.97 Å². The zero-order valence-electron chi connectivity index (χ0n) is 18.3. The first-order valence-electron chi connectivity index (χ1n) is 10.7. The van der Waals surface area contributed by atoms with Crippen molar-refractivity contribution in [2.45, 2.75) is 20.4 Å². The summed E-state index contributed by atoms with van der Waals surface area (Å²) in [6.07, 6.45) is 3.18. The maximum Gasteiger partial charge on any atom is 0.341 e. The van der Waals surface area contributed by atoms with Gasteiger partial charge in [0.15, 0.2) is 0 Å². The molecule has 9 heteroatoms. The second kappa shape index (κ2) is 9.69. The smallest absolute Gasteiger partial charge is 0.341 e. The first kappa shape index (κ1) is 21.6. The summed E-state index contributed by atoms with van der Waals surface area (Å²) >= 11 is 0. The monoisotopic (exact) mass is 437 g/mol. The molecule has 0 saturated carbocycles. The molecule has 0 bridgehead atoms. The number of ether oxygens (including phenoxy) is 1. The lowest BCUT2D eigenvalue weighted by molar-refractivity contribution is 0.0525. The van der Waals surface area contributed by atoms with Crippen molar-refractivity contribution in [3.63, 3.8) is 0 Å². The number of anilines is 1. The number of rotatable bonds is 6. The Hall–Kier alpha value is -3.59. The van der Waals surface area contributed by atoms with Gasteiger partial charge in [-0.15, -0.1) is 0 Å². The second-order valence-corrected chi connectivity index (χ2v) is 7.60. The van der Waals surface area contributed by atoms with Gasteiger partial charge < -0.3 is 19.4 Å². The van der Waals surface area contributed by atoms with E-state index in [-0.39, 0.29) is 6.03 Å². The number of amides is 2. The van der Waals surface area contributed by atoms with Gasteiger partial charge in [-0.3, -0.25) is 4.90 Å². The molecule has 3 aromatic rings. The molecular weight excluding hydrogens is 410 g/mol. The van der Waals surface area contributed by atoms with Crippen LogP contribution in [0, 0.1) is 6.92 Å². The van der Waals surface area contributed by atoms with Crippen molar-refractivity contribution < 1.29 is 18.7 Å². The van der Waals surface area contributed by atoms with Crippen LogP contribution in [0.1, 0.15) is 28.7 Å². The molecule has 1 N–H and O–H groups in total. The van der Waals surface area contributed by atoms with Crippen LogP contribution < -0.4 is 5.32 Å². The molecule has 1 fully saturated rings. The number of aromatic nitrogens is 2. The Morgan fingerprint density at radius 3 is 2.69 bits per heavy atom. The van der Waals surface area contributed by atoms with E-state index in [9.17, 15) is 9.59 Å². The number of hydrogen-bond donors (Lipinski definition) is 1. The van der Waals surface area contributed by atoms with Crippen LogP contribution in [0.5, 0.6) is 0 Å². The molecule has 0 spiro atoms. The zero-order chi connectivity index (χ0) is 22.5. The molecule has 1 aromatic carbocycles. The first-order chi connectivity index (χ1) is 15.5. The van der Waals surface area contributed by atoms with Crippen molar-refractivity contribution >= 4 is 17.7 Å². The number of nitrogens with one attached hydrogen (secondary N) is 1. The van der Waals surface area contributed by atoms with Crippen molar-refractivity contribution in [2.24, 2.45) is 0 Å². The predicted molar refractivity (Wildman–Crippen MR) is 119 cm³/mol. The molecule has 0 atom stereocenters. The van der Waals surface area contributed by atoms with Crippen molar-refractivity contribution in [3.8, 4) is 5.69 Å². The van der Waals surface area contributed by atoms with E-state index in [0.29, 0.717) is 36.6 Å². The van der Waals surface area contributed by atoms with Gasteiger partial charge >= 0.3 is 12.0 Å². The fraction of sp³-hybridized carbons (Fsp3) is 0.348. The number of urea groups is 1. The molecule has 1 aliphatic rings. The van der Waals surface area contributed by atoms with Crippen LogP contribution in [-0.4, -0.2) is 64.4 Å². The lowest BCUT2D eigenvalue weighted by atomic mass is 10.2. The fourth-order valence-corrected chi connectivity index (χ4v) is 3.73. The summed E-state index contributed by atoms with van der Waals surface area (Å²) in [6, 6.07) is 11.1. The third-order valence-corrected chi connectivity index (χ3v) is 5.47. The van der Waals surface area contributed by atoms with Crippen LogP contribution in [-0.2, 0) is 11.3 Å². The first-order valence-corrected chi connectivity index (χ1v) is 10.7. The van der Waals surface area contributed by atoms with Gasteiger partial charge in [0.25, 0.3) is 0 Å². The summed E-state index contributed by atoms with van der Waals surface area (Å²) in [6.45, 7) is 7.51. The molecule has 2 aromatic heterocycles. The van der Waals surface area contributed by atoms with Gasteiger partial charge in [-0.2, -0.15) is 5.10 Å². The summed E-state index contributed by atoms with van der Waals surface area (Å²) in [7, 11) is 0. The van der Waals surface area contributed by atoms with Gasteiger partial charge in [-0.25, -0.2) is 14.3 Å². The highest BCUT2D eigenvalue weighted by Crippen LogP contribution is 2.19. The molecule has 9 nitrogen and oxygen atoms in total. The van der Waals surface area contributed by atoms with E-state index in [0.717, 1.165) is 31.1 Å². The molecule has 0 radical (unpaired) electrons. The fourth-order valence-electron chi connectivity index (χ4n) is 3.73. The minimum atomic E-state index is -0.396. The van der Waals surface area contributed by atoms with Gasteiger partial charge in [0.2, 0.25) is 0 Å². The second-order valence-electron chi connectivity index (χ2n) is 7.60. The summed E-state index contributed by atoms with van der Waals surface area (Å²) in [4.78, 5) is 28.9. The van der Waals surface area contributed by atoms with Crippen LogP contribution in [0.3, 0.4) is 0 Å². The number of carbonyl (C=O) groups excluding carboxylic acids is 2. The molecule has 0 aliphatic carbocycles. The number of benzene rings is 1. The van der Waals surface area contributed by atoms with Crippen LogP contribution >= 0.6 is 0 Å². The number of nitrogens with zero attached hydrogens (tertiary/aromatic N) is 4. The Morgan fingerprint density at radius 2 is 1.97 bits per heavy atom. The number of esters is 1. The van der Waals surface area contributed by atoms with Crippen molar-refractivity contribution in [3.05, 3.63) is 65.9 Å². The largest absolute Gasteiger partial charge is 0.468 e. The molecule has 1 saturated heterocycles. The molecule has 2 amide bonds. The summed E-state index contributed by atoms with van der Waals surface area (Å²) < 4.78 is 12.1. The highest BCUT2D eigenvalue weighted by molar-refractivity contribution is 5.91. The summed E-state index contributed by atoms with van der Waals surface area (Å²) in [5.41, 5.74) is 2.52. The minimum absolute atomic E-state index is 0.135. The number of carbonyl (C=O) groups is 2. The van der Waals surface area contributed by atoms with Gasteiger partial charge in [-0.05, 0) is 44.2 Å². The molecular formula is C23H27N5O4. The summed E-state index contributed by atoms with van der Waals surface area (Å²) in [5.74, 6) is 0.534. The normalized spacial score (nSPS) is 14.4. The van der Waals surface area contributed by atoms with Crippen LogP contribution in [0.15, 0.2) is 53.3 Å². The Morgan fingerprint density at radius 1 is 1.16 bits per heavy atom. The standard InChI is InChI=1S/C23H27N5O4/c1-3-31-22(29)21-15-24-28(17(21)2)19-7-4-6-18(14-19)25-23(30)27-11-9-26(10-12-27)16-20-8-5-13-32-20/h4-8,13-15H,3,9-12,16H2,1-2H3,(H,25,30). The van der Waals surface area contributed by atoms with Crippen LogP contribution in [0.2, 0.25) is 0 Å². The summed E-state index contributed by atoms with van der Waals surface area (Å²) in [5, 5.41) is 7.29. The third-order valence-electron chi connectivity index (χ3n) is 5.47. The van der Waals surface area contributed by atoms with E-state index in [1.807, 2.05) is 48.2 Å². The maximum absolute atomic E-state index is 12.8. The number of piperazine rings is 1. The lowest BCUT2D eigenvalue weighted by Gasteiger charge is -2.34. The molecule has 0 unspecified atom stereocenters.